The molecule has 0 heterocycles. The SMILES string of the molecule is Cc1c(C)c(N(Cc2ccccc2)C(=O)O)c(C)c(C)c1O. The van der Waals surface area contributed by atoms with E-state index in [0.717, 1.165) is 27.8 Å². The molecule has 4 heteroatoms. The number of aromatic hydroxyl groups is 1. The smallest absolute Gasteiger partial charge is 0.412 e. The highest BCUT2D eigenvalue weighted by Gasteiger charge is 2.23. The van der Waals surface area contributed by atoms with Gasteiger partial charge < -0.3 is 10.2 Å². The molecular weight excluding hydrogens is 278 g/mol. The molecular formula is C18H21NO3. The molecule has 0 spiro atoms. The highest BCUT2D eigenvalue weighted by molar-refractivity contribution is 5.89. The number of anilines is 1. The molecule has 0 bridgehead atoms. The molecule has 0 aliphatic heterocycles. The molecule has 2 rings (SSSR count). The normalized spacial score (nSPS) is 10.5. The highest BCUT2D eigenvalue weighted by atomic mass is 16.4. The van der Waals surface area contributed by atoms with Gasteiger partial charge in [-0.2, -0.15) is 0 Å². The van der Waals surface area contributed by atoms with Gasteiger partial charge in [0.25, 0.3) is 0 Å². The van der Waals surface area contributed by atoms with Crippen LogP contribution in [-0.2, 0) is 6.54 Å². The summed E-state index contributed by atoms with van der Waals surface area (Å²) >= 11 is 0. The molecule has 116 valence electrons. The van der Waals surface area contributed by atoms with Gasteiger partial charge in [0.1, 0.15) is 5.75 Å². The zero-order valence-electron chi connectivity index (χ0n) is 13.3. The van der Waals surface area contributed by atoms with Gasteiger partial charge in [0.05, 0.1) is 12.2 Å². The number of amides is 1. The highest BCUT2D eigenvalue weighted by Crippen LogP contribution is 2.37. The Morgan fingerprint density at radius 1 is 0.955 bits per heavy atom. The first-order chi connectivity index (χ1) is 10.3. The van der Waals surface area contributed by atoms with Crippen LogP contribution in [-0.4, -0.2) is 16.3 Å². The third-order valence-electron chi connectivity index (χ3n) is 4.23. The van der Waals surface area contributed by atoms with Crippen LogP contribution in [0.25, 0.3) is 0 Å². The van der Waals surface area contributed by atoms with E-state index in [1.165, 1.54) is 4.90 Å². The molecule has 4 nitrogen and oxygen atoms in total. The minimum atomic E-state index is -1.00. The molecule has 0 aliphatic rings. The minimum absolute atomic E-state index is 0.240. The maximum atomic E-state index is 11.8. The van der Waals surface area contributed by atoms with Crippen LogP contribution in [0.15, 0.2) is 30.3 Å². The second-order valence-electron chi connectivity index (χ2n) is 5.55. The standard InChI is InChI=1S/C18H21NO3/c1-11-13(3)17(20)14(4)12(2)16(11)19(18(21)22)10-15-8-6-5-7-9-15/h5-9,20H,10H2,1-4H3,(H,21,22). The summed E-state index contributed by atoms with van der Waals surface area (Å²) in [4.78, 5) is 13.1. The first-order valence-corrected chi connectivity index (χ1v) is 7.18. The molecule has 0 saturated heterocycles. The summed E-state index contributed by atoms with van der Waals surface area (Å²) in [7, 11) is 0. The molecule has 0 fully saturated rings. The van der Waals surface area contributed by atoms with Crippen LogP contribution in [0.4, 0.5) is 10.5 Å². The molecule has 22 heavy (non-hydrogen) atoms. The fourth-order valence-corrected chi connectivity index (χ4v) is 2.69. The number of hydrogen-bond acceptors (Lipinski definition) is 2. The van der Waals surface area contributed by atoms with Crippen LogP contribution >= 0.6 is 0 Å². The van der Waals surface area contributed by atoms with Crippen LogP contribution < -0.4 is 4.90 Å². The average molecular weight is 299 g/mol. The molecule has 0 aromatic heterocycles. The number of rotatable bonds is 3. The van der Waals surface area contributed by atoms with Gasteiger partial charge in [-0.1, -0.05) is 30.3 Å². The Morgan fingerprint density at radius 2 is 1.45 bits per heavy atom. The second kappa shape index (κ2) is 6.10. The first-order valence-electron chi connectivity index (χ1n) is 7.18. The van der Waals surface area contributed by atoms with Crippen LogP contribution in [0, 0.1) is 27.7 Å². The molecule has 0 aliphatic carbocycles. The van der Waals surface area contributed by atoms with E-state index in [9.17, 15) is 15.0 Å². The largest absolute Gasteiger partial charge is 0.507 e. The van der Waals surface area contributed by atoms with E-state index in [1.807, 2.05) is 58.0 Å². The third-order valence-corrected chi connectivity index (χ3v) is 4.23. The van der Waals surface area contributed by atoms with E-state index >= 15 is 0 Å². The number of hydrogen-bond donors (Lipinski definition) is 2. The second-order valence-corrected chi connectivity index (χ2v) is 5.55. The summed E-state index contributed by atoms with van der Waals surface area (Å²) in [5, 5.41) is 19.8. The predicted molar refractivity (Wildman–Crippen MR) is 87.7 cm³/mol. The Balaban J connectivity index is 2.57. The van der Waals surface area contributed by atoms with E-state index in [4.69, 9.17) is 0 Å². The summed E-state index contributed by atoms with van der Waals surface area (Å²) < 4.78 is 0. The van der Waals surface area contributed by atoms with Crippen molar-refractivity contribution in [3.05, 3.63) is 58.1 Å². The fraction of sp³-hybridized carbons (Fsp3) is 0.278. The predicted octanol–water partition coefficient (Wildman–Crippen LogP) is 4.31. The lowest BCUT2D eigenvalue weighted by molar-refractivity contribution is 0.201. The number of phenolic OH excluding ortho intramolecular Hbond substituents is 1. The lowest BCUT2D eigenvalue weighted by Crippen LogP contribution is -2.30. The van der Waals surface area contributed by atoms with Crippen molar-refractivity contribution in [3.8, 4) is 5.75 Å². The van der Waals surface area contributed by atoms with Crippen molar-refractivity contribution < 1.29 is 15.0 Å². The average Bonchev–Trinajstić information content (AvgIpc) is 2.51. The topological polar surface area (TPSA) is 60.8 Å². The first kappa shape index (κ1) is 15.9. The maximum Gasteiger partial charge on any atom is 0.412 e. The van der Waals surface area contributed by atoms with Crippen molar-refractivity contribution in [3.63, 3.8) is 0 Å². The Hall–Kier alpha value is -2.49. The maximum absolute atomic E-state index is 11.8. The van der Waals surface area contributed by atoms with E-state index in [0.29, 0.717) is 5.69 Å². The number of carboxylic acid groups (broad SMARTS) is 1. The monoisotopic (exact) mass is 299 g/mol. The van der Waals surface area contributed by atoms with Crippen molar-refractivity contribution in [2.45, 2.75) is 34.2 Å². The summed E-state index contributed by atoms with van der Waals surface area (Å²) in [5.41, 5.74) is 4.60. The fourth-order valence-electron chi connectivity index (χ4n) is 2.69. The Morgan fingerprint density at radius 3 is 1.91 bits per heavy atom. The number of nitrogens with zero attached hydrogens (tertiary/aromatic N) is 1. The quantitative estimate of drug-likeness (QED) is 0.887. The van der Waals surface area contributed by atoms with Crippen LogP contribution in [0.2, 0.25) is 0 Å². The minimum Gasteiger partial charge on any atom is -0.507 e. The van der Waals surface area contributed by atoms with E-state index in [-0.39, 0.29) is 12.3 Å². The van der Waals surface area contributed by atoms with Crippen molar-refractivity contribution in [1.29, 1.82) is 0 Å². The Labute approximate surface area is 130 Å². The van der Waals surface area contributed by atoms with Crippen LogP contribution in [0.1, 0.15) is 27.8 Å². The number of carbonyl (C=O) groups is 1. The molecule has 2 aromatic rings. The van der Waals surface area contributed by atoms with Crippen LogP contribution in [0.3, 0.4) is 0 Å². The summed E-state index contributed by atoms with van der Waals surface area (Å²) in [6.45, 7) is 7.59. The van der Waals surface area contributed by atoms with Gasteiger partial charge in [-0.3, -0.25) is 4.90 Å². The molecule has 0 radical (unpaired) electrons. The van der Waals surface area contributed by atoms with Crippen molar-refractivity contribution >= 4 is 11.8 Å². The van der Waals surface area contributed by atoms with Gasteiger partial charge in [0, 0.05) is 0 Å². The summed E-state index contributed by atoms with van der Waals surface area (Å²) in [5.74, 6) is 0.240. The van der Waals surface area contributed by atoms with E-state index in [1.54, 1.807) is 0 Å². The molecule has 2 N–H and O–H groups in total. The number of benzene rings is 2. The molecule has 0 saturated carbocycles. The third kappa shape index (κ3) is 2.77. The Kier molecular flexibility index (Phi) is 4.40. The number of phenols is 1. The molecule has 1 amide bonds. The molecule has 2 aromatic carbocycles. The van der Waals surface area contributed by atoms with Crippen molar-refractivity contribution in [1.82, 2.24) is 0 Å². The Bertz CT molecular complexity index is 679. The van der Waals surface area contributed by atoms with Gasteiger partial charge >= 0.3 is 6.09 Å². The van der Waals surface area contributed by atoms with E-state index in [2.05, 4.69) is 0 Å². The van der Waals surface area contributed by atoms with Gasteiger partial charge in [0.15, 0.2) is 0 Å². The van der Waals surface area contributed by atoms with Gasteiger partial charge in [-0.05, 0) is 55.5 Å². The van der Waals surface area contributed by atoms with Crippen molar-refractivity contribution in [2.24, 2.45) is 0 Å². The van der Waals surface area contributed by atoms with Gasteiger partial charge in [-0.15, -0.1) is 0 Å². The van der Waals surface area contributed by atoms with E-state index < -0.39 is 6.09 Å². The van der Waals surface area contributed by atoms with Crippen LogP contribution in [0.5, 0.6) is 5.75 Å². The van der Waals surface area contributed by atoms with Crippen molar-refractivity contribution in [2.75, 3.05) is 4.90 Å². The summed E-state index contributed by atoms with van der Waals surface area (Å²) in [6.07, 6.45) is -1.00. The summed E-state index contributed by atoms with van der Waals surface area (Å²) in [6, 6.07) is 9.49. The van der Waals surface area contributed by atoms with Gasteiger partial charge in [0.2, 0.25) is 0 Å². The molecule has 0 unspecified atom stereocenters. The zero-order chi connectivity index (χ0) is 16.4. The lowest BCUT2D eigenvalue weighted by atomic mass is 9.96. The molecule has 0 atom stereocenters. The van der Waals surface area contributed by atoms with Gasteiger partial charge in [-0.25, -0.2) is 4.79 Å². The lowest BCUT2D eigenvalue weighted by Gasteiger charge is -2.26. The zero-order valence-corrected chi connectivity index (χ0v) is 13.3.